The molecule has 2 aromatic rings. The van der Waals surface area contributed by atoms with Gasteiger partial charge in [-0.2, -0.15) is 5.10 Å². The monoisotopic (exact) mass is 287 g/mol. The Hall–Kier alpha value is -2.63. The molecule has 1 unspecified atom stereocenters. The van der Waals surface area contributed by atoms with Gasteiger partial charge in [0.1, 0.15) is 0 Å². The Balaban J connectivity index is 2.25. The van der Waals surface area contributed by atoms with Gasteiger partial charge in [-0.3, -0.25) is 9.48 Å². The number of hydrogen-bond acceptors (Lipinski definition) is 3. The van der Waals surface area contributed by atoms with Crippen molar-refractivity contribution in [2.45, 2.75) is 19.9 Å². The molecule has 0 aliphatic rings. The average Bonchev–Trinajstić information content (AvgIpc) is 2.81. The van der Waals surface area contributed by atoms with E-state index in [0.717, 1.165) is 11.1 Å². The second kappa shape index (κ2) is 5.78. The number of carbonyl (C=O) groups is 2. The largest absolute Gasteiger partial charge is 0.479 e. The summed E-state index contributed by atoms with van der Waals surface area (Å²) in [4.78, 5) is 23.6. The Morgan fingerprint density at radius 3 is 2.57 bits per heavy atom. The highest BCUT2D eigenvalue weighted by Crippen LogP contribution is 2.15. The maximum absolute atomic E-state index is 12.3. The first-order valence-corrected chi connectivity index (χ1v) is 6.48. The molecule has 6 nitrogen and oxygen atoms in total. The molecule has 0 bridgehead atoms. The van der Waals surface area contributed by atoms with Gasteiger partial charge in [-0.25, -0.2) is 4.79 Å². The van der Waals surface area contributed by atoms with Crippen LogP contribution in [0.1, 0.15) is 33.1 Å². The van der Waals surface area contributed by atoms with Crippen molar-refractivity contribution < 1.29 is 14.7 Å². The molecule has 2 N–H and O–H groups in total. The van der Waals surface area contributed by atoms with Crippen LogP contribution in [0.5, 0.6) is 0 Å². The van der Waals surface area contributed by atoms with Crippen LogP contribution in [0.4, 0.5) is 0 Å². The van der Waals surface area contributed by atoms with Gasteiger partial charge in [0, 0.05) is 24.4 Å². The van der Waals surface area contributed by atoms with E-state index in [1.54, 1.807) is 19.3 Å². The Bertz CT molecular complexity index is 691. The second-order valence-electron chi connectivity index (χ2n) is 5.01. The number of aryl methyl sites for hydroxylation is 3. The second-order valence-corrected chi connectivity index (χ2v) is 5.01. The maximum atomic E-state index is 12.3. The first-order valence-electron chi connectivity index (χ1n) is 6.48. The van der Waals surface area contributed by atoms with E-state index in [-0.39, 0.29) is 0 Å². The molecule has 1 heterocycles. The van der Waals surface area contributed by atoms with Crippen molar-refractivity contribution in [3.63, 3.8) is 0 Å². The van der Waals surface area contributed by atoms with Gasteiger partial charge in [-0.05, 0) is 25.5 Å². The van der Waals surface area contributed by atoms with Crippen LogP contribution in [0.2, 0.25) is 0 Å². The highest BCUT2D eigenvalue weighted by Gasteiger charge is 2.24. The number of aliphatic carboxylic acids is 1. The lowest BCUT2D eigenvalue weighted by atomic mass is 10.0. The number of nitrogens with one attached hydrogen (secondary N) is 1. The summed E-state index contributed by atoms with van der Waals surface area (Å²) in [7, 11) is 1.69. The number of aromatic nitrogens is 2. The molecule has 0 spiro atoms. The van der Waals surface area contributed by atoms with Crippen LogP contribution >= 0.6 is 0 Å². The quantitative estimate of drug-likeness (QED) is 0.894. The summed E-state index contributed by atoms with van der Waals surface area (Å²) < 4.78 is 1.49. The fraction of sp³-hybridized carbons (Fsp3) is 0.267. The number of carboxylic acid groups (broad SMARTS) is 1. The van der Waals surface area contributed by atoms with Crippen LogP contribution in [0, 0.1) is 13.8 Å². The lowest BCUT2D eigenvalue weighted by molar-refractivity contribution is -0.139. The van der Waals surface area contributed by atoms with Crippen molar-refractivity contribution in [2.75, 3.05) is 0 Å². The maximum Gasteiger partial charge on any atom is 0.331 e. The number of carbonyl (C=O) groups excluding carboxylic acids is 1. The molecule has 0 aliphatic carbocycles. The third-order valence-corrected chi connectivity index (χ3v) is 3.21. The van der Waals surface area contributed by atoms with Crippen LogP contribution in [-0.4, -0.2) is 26.8 Å². The molecule has 21 heavy (non-hydrogen) atoms. The Morgan fingerprint density at radius 1 is 1.33 bits per heavy atom. The van der Waals surface area contributed by atoms with Crippen LogP contribution in [-0.2, 0) is 11.8 Å². The van der Waals surface area contributed by atoms with E-state index in [4.69, 9.17) is 0 Å². The van der Waals surface area contributed by atoms with E-state index in [0.29, 0.717) is 11.1 Å². The zero-order valence-electron chi connectivity index (χ0n) is 12.1. The fourth-order valence-corrected chi connectivity index (χ4v) is 2.15. The molecule has 1 amide bonds. The van der Waals surface area contributed by atoms with E-state index in [1.165, 1.54) is 10.9 Å². The van der Waals surface area contributed by atoms with Gasteiger partial charge in [0.25, 0.3) is 5.91 Å². The normalized spacial score (nSPS) is 12.0. The van der Waals surface area contributed by atoms with Gasteiger partial charge in [0.2, 0.25) is 0 Å². The van der Waals surface area contributed by atoms with Crippen LogP contribution in [0.15, 0.2) is 30.6 Å². The Kier molecular flexibility index (Phi) is 4.07. The Morgan fingerprint density at radius 2 is 2.05 bits per heavy atom. The van der Waals surface area contributed by atoms with Crippen molar-refractivity contribution in [3.8, 4) is 0 Å². The van der Waals surface area contributed by atoms with Crippen molar-refractivity contribution in [1.82, 2.24) is 15.1 Å². The SMILES string of the molecule is Cc1ccc(C(=O)NC(C(=O)O)c2cnn(C)c2)c(C)c1. The molecule has 2 rings (SSSR count). The topological polar surface area (TPSA) is 84.2 Å². The number of hydrogen-bond donors (Lipinski definition) is 2. The summed E-state index contributed by atoms with van der Waals surface area (Å²) in [6.07, 6.45) is 3.00. The molecular weight excluding hydrogens is 270 g/mol. The van der Waals surface area contributed by atoms with Gasteiger partial charge < -0.3 is 10.4 Å². The van der Waals surface area contributed by atoms with E-state index >= 15 is 0 Å². The molecule has 1 aromatic carbocycles. The first kappa shape index (κ1) is 14.8. The minimum Gasteiger partial charge on any atom is -0.479 e. The van der Waals surface area contributed by atoms with Gasteiger partial charge in [0.05, 0.1) is 6.20 Å². The average molecular weight is 287 g/mol. The van der Waals surface area contributed by atoms with Crippen LogP contribution in [0.3, 0.4) is 0 Å². The standard InChI is InChI=1S/C15H17N3O3/c1-9-4-5-12(10(2)6-9)14(19)17-13(15(20)21)11-7-16-18(3)8-11/h4-8,13H,1-3H3,(H,17,19)(H,20,21). The lowest BCUT2D eigenvalue weighted by Gasteiger charge is -2.14. The molecular formula is C15H17N3O3. The number of amides is 1. The fourth-order valence-electron chi connectivity index (χ4n) is 2.15. The molecule has 0 aliphatic heterocycles. The summed E-state index contributed by atoms with van der Waals surface area (Å²) in [6, 6.07) is 4.28. The van der Waals surface area contributed by atoms with Crippen LogP contribution in [0.25, 0.3) is 0 Å². The molecule has 0 radical (unpaired) electrons. The molecule has 6 heteroatoms. The molecule has 0 saturated heterocycles. The number of carboxylic acids is 1. The van der Waals surface area contributed by atoms with E-state index in [9.17, 15) is 14.7 Å². The molecule has 0 saturated carbocycles. The van der Waals surface area contributed by atoms with Crippen molar-refractivity contribution in [1.29, 1.82) is 0 Å². The third-order valence-electron chi connectivity index (χ3n) is 3.21. The molecule has 110 valence electrons. The van der Waals surface area contributed by atoms with E-state index in [2.05, 4.69) is 10.4 Å². The summed E-state index contributed by atoms with van der Waals surface area (Å²) >= 11 is 0. The lowest BCUT2D eigenvalue weighted by Crippen LogP contribution is -2.34. The van der Waals surface area contributed by atoms with Crippen molar-refractivity contribution >= 4 is 11.9 Å². The number of rotatable bonds is 4. The molecule has 0 fully saturated rings. The van der Waals surface area contributed by atoms with E-state index < -0.39 is 17.9 Å². The Labute approximate surface area is 122 Å². The minimum absolute atomic E-state index is 0.413. The summed E-state index contributed by atoms with van der Waals surface area (Å²) in [5.41, 5.74) is 2.76. The molecule has 1 aromatic heterocycles. The minimum atomic E-state index is -1.12. The summed E-state index contributed by atoms with van der Waals surface area (Å²) in [5, 5.41) is 15.8. The predicted molar refractivity (Wildman–Crippen MR) is 77.0 cm³/mol. The number of benzene rings is 1. The number of nitrogens with zero attached hydrogens (tertiary/aromatic N) is 2. The summed E-state index contributed by atoms with van der Waals surface area (Å²) in [5.74, 6) is -1.54. The van der Waals surface area contributed by atoms with Crippen LogP contribution < -0.4 is 5.32 Å². The smallest absolute Gasteiger partial charge is 0.331 e. The highest BCUT2D eigenvalue weighted by atomic mass is 16.4. The van der Waals surface area contributed by atoms with Gasteiger partial charge in [0.15, 0.2) is 6.04 Å². The third kappa shape index (κ3) is 3.28. The zero-order valence-corrected chi connectivity index (χ0v) is 12.1. The van der Waals surface area contributed by atoms with Gasteiger partial charge >= 0.3 is 5.97 Å². The van der Waals surface area contributed by atoms with E-state index in [1.807, 2.05) is 26.0 Å². The predicted octanol–water partition coefficient (Wildman–Crippen LogP) is 1.59. The summed E-state index contributed by atoms with van der Waals surface area (Å²) in [6.45, 7) is 3.76. The first-order chi connectivity index (χ1) is 9.88. The van der Waals surface area contributed by atoms with Crippen molar-refractivity contribution in [2.24, 2.45) is 7.05 Å². The zero-order chi connectivity index (χ0) is 15.6. The van der Waals surface area contributed by atoms with Gasteiger partial charge in [-0.1, -0.05) is 17.7 Å². The van der Waals surface area contributed by atoms with Crippen molar-refractivity contribution in [3.05, 3.63) is 52.8 Å². The van der Waals surface area contributed by atoms with Gasteiger partial charge in [-0.15, -0.1) is 0 Å². The molecule has 1 atom stereocenters. The highest BCUT2D eigenvalue weighted by molar-refractivity contribution is 5.98.